The van der Waals surface area contributed by atoms with Crippen LogP contribution in [0.1, 0.15) is 61.5 Å². The zero-order valence-electron chi connectivity index (χ0n) is 28.8. The van der Waals surface area contributed by atoms with E-state index in [4.69, 9.17) is 14.2 Å². The first-order chi connectivity index (χ1) is 23.7. The Morgan fingerprint density at radius 1 is 0.939 bits per heavy atom. The highest BCUT2D eigenvalue weighted by Crippen LogP contribution is 2.28. The molecule has 4 N–H and O–H groups in total. The number of amides is 4. The van der Waals surface area contributed by atoms with Crippen molar-refractivity contribution >= 4 is 23.6 Å². The molecule has 49 heavy (non-hydrogen) atoms. The van der Waals surface area contributed by atoms with Crippen LogP contribution in [0.5, 0.6) is 17.2 Å². The molecule has 0 radical (unpaired) electrons. The minimum Gasteiger partial charge on any atom is -0.493 e. The van der Waals surface area contributed by atoms with Gasteiger partial charge >= 0.3 is 0 Å². The van der Waals surface area contributed by atoms with Gasteiger partial charge in [0.15, 0.2) is 11.5 Å². The predicted octanol–water partition coefficient (Wildman–Crippen LogP) is 3.98. The van der Waals surface area contributed by atoms with Crippen molar-refractivity contribution in [3.8, 4) is 17.2 Å². The SMILES string of the molecule is CCOc1ccc(CCCNC(=O)[C@@H]2CC(=O)N[C@@H](CC(C)C)C(=O)N[C@H](Cc3ccccc3)COc3ccccc3C(=O)N2)cc1OC. The standard InChI is InChI=1S/C38H48N4O7/c1-5-48-33-18-17-27(22-34(33)47-4)14-11-19-39-37(45)31-23-35(43)41-30(20-25(2)3)38(46)40-28(21-26-12-7-6-8-13-26)24-49-32-16-10-9-15-29(32)36(44)42-31/h6-10,12-13,15-18,22,25,28,30-31H,5,11,14,19-21,23-24H2,1-4H3,(H,39,45)(H,40,46)(H,41,43)(H,42,44)/t28-,30+,31+/m1/s1. The summed E-state index contributed by atoms with van der Waals surface area (Å²) in [6.45, 7) is 6.75. The van der Waals surface area contributed by atoms with Crippen molar-refractivity contribution in [2.24, 2.45) is 5.92 Å². The Hall–Kier alpha value is -5.06. The molecule has 3 aromatic rings. The number of carbonyl (C=O) groups excluding carboxylic acids is 4. The molecule has 1 heterocycles. The first kappa shape index (κ1) is 36.8. The smallest absolute Gasteiger partial charge is 0.255 e. The molecule has 0 aromatic heterocycles. The summed E-state index contributed by atoms with van der Waals surface area (Å²) >= 11 is 0. The van der Waals surface area contributed by atoms with Crippen molar-refractivity contribution in [1.82, 2.24) is 21.3 Å². The van der Waals surface area contributed by atoms with Crippen LogP contribution >= 0.6 is 0 Å². The van der Waals surface area contributed by atoms with Crippen LogP contribution in [-0.4, -0.2) is 68.6 Å². The second-order valence-corrected chi connectivity index (χ2v) is 12.5. The first-order valence-corrected chi connectivity index (χ1v) is 16.9. The monoisotopic (exact) mass is 672 g/mol. The summed E-state index contributed by atoms with van der Waals surface area (Å²) < 4.78 is 17.2. The van der Waals surface area contributed by atoms with Gasteiger partial charge in [0.2, 0.25) is 17.7 Å². The largest absolute Gasteiger partial charge is 0.493 e. The van der Waals surface area contributed by atoms with E-state index in [2.05, 4.69) is 21.3 Å². The van der Waals surface area contributed by atoms with Crippen LogP contribution in [0.2, 0.25) is 0 Å². The van der Waals surface area contributed by atoms with Gasteiger partial charge in [-0.15, -0.1) is 0 Å². The van der Waals surface area contributed by atoms with Gasteiger partial charge in [0, 0.05) is 6.54 Å². The van der Waals surface area contributed by atoms with E-state index in [1.165, 1.54) is 0 Å². The van der Waals surface area contributed by atoms with E-state index in [-0.39, 0.29) is 30.4 Å². The Labute approximate surface area is 288 Å². The fourth-order valence-corrected chi connectivity index (χ4v) is 5.68. The summed E-state index contributed by atoms with van der Waals surface area (Å²) in [4.78, 5) is 54.1. The van der Waals surface area contributed by atoms with Crippen LogP contribution in [-0.2, 0) is 27.2 Å². The summed E-state index contributed by atoms with van der Waals surface area (Å²) in [5, 5.41) is 11.5. The van der Waals surface area contributed by atoms with E-state index in [0.717, 1.165) is 11.1 Å². The predicted molar refractivity (Wildman–Crippen MR) is 187 cm³/mol. The van der Waals surface area contributed by atoms with Crippen molar-refractivity contribution in [3.63, 3.8) is 0 Å². The molecule has 4 amide bonds. The third-order valence-electron chi connectivity index (χ3n) is 8.08. The number of para-hydroxylation sites is 1. The van der Waals surface area contributed by atoms with Crippen molar-refractivity contribution < 1.29 is 33.4 Å². The molecule has 1 aliphatic heterocycles. The van der Waals surface area contributed by atoms with Crippen LogP contribution in [0, 0.1) is 5.92 Å². The number of hydrogen-bond donors (Lipinski definition) is 4. The normalized spacial score (nSPS) is 18.6. The molecule has 0 saturated heterocycles. The van der Waals surface area contributed by atoms with Gasteiger partial charge in [0.1, 0.15) is 24.4 Å². The van der Waals surface area contributed by atoms with Gasteiger partial charge in [0.25, 0.3) is 5.91 Å². The molecule has 0 fully saturated rings. The summed E-state index contributed by atoms with van der Waals surface area (Å²) in [7, 11) is 1.59. The average Bonchev–Trinajstić information content (AvgIpc) is 3.09. The highest BCUT2D eigenvalue weighted by molar-refractivity contribution is 6.01. The van der Waals surface area contributed by atoms with Gasteiger partial charge in [0.05, 0.1) is 31.7 Å². The number of nitrogens with one attached hydrogen (secondary N) is 4. The second kappa shape index (κ2) is 18.5. The molecule has 0 aliphatic carbocycles. The van der Waals surface area contributed by atoms with E-state index in [1.807, 2.05) is 69.3 Å². The Bertz CT molecular complexity index is 1560. The zero-order valence-corrected chi connectivity index (χ0v) is 28.8. The maximum Gasteiger partial charge on any atom is 0.255 e. The van der Waals surface area contributed by atoms with E-state index >= 15 is 0 Å². The van der Waals surface area contributed by atoms with Crippen LogP contribution in [0.25, 0.3) is 0 Å². The lowest BCUT2D eigenvalue weighted by molar-refractivity contribution is -0.131. The quantitative estimate of drug-likeness (QED) is 0.213. The molecule has 11 heteroatoms. The van der Waals surface area contributed by atoms with E-state index in [9.17, 15) is 19.2 Å². The number of aryl methyl sites for hydroxylation is 1. The molecule has 262 valence electrons. The van der Waals surface area contributed by atoms with Gasteiger partial charge in [-0.3, -0.25) is 19.2 Å². The molecule has 0 bridgehead atoms. The van der Waals surface area contributed by atoms with Gasteiger partial charge in [-0.05, 0) is 73.9 Å². The first-order valence-electron chi connectivity index (χ1n) is 16.9. The Morgan fingerprint density at radius 3 is 2.43 bits per heavy atom. The van der Waals surface area contributed by atoms with E-state index in [1.54, 1.807) is 31.4 Å². The average molecular weight is 673 g/mol. The number of carbonyl (C=O) groups is 4. The lowest BCUT2D eigenvalue weighted by Crippen LogP contribution is -2.54. The molecule has 3 aromatic carbocycles. The summed E-state index contributed by atoms with van der Waals surface area (Å²) in [5.74, 6) is -0.223. The number of ether oxygens (including phenoxy) is 3. The minimum atomic E-state index is -1.19. The van der Waals surface area contributed by atoms with Crippen LogP contribution < -0.4 is 35.5 Å². The number of rotatable bonds is 12. The molecule has 0 spiro atoms. The fourth-order valence-electron chi connectivity index (χ4n) is 5.68. The van der Waals surface area contributed by atoms with Gasteiger partial charge < -0.3 is 35.5 Å². The Morgan fingerprint density at radius 2 is 1.69 bits per heavy atom. The lowest BCUT2D eigenvalue weighted by atomic mass is 10.0. The maximum atomic E-state index is 13.6. The maximum absolute atomic E-state index is 13.6. The molecular formula is C38H48N4O7. The lowest BCUT2D eigenvalue weighted by Gasteiger charge is -2.27. The molecule has 3 atom stereocenters. The van der Waals surface area contributed by atoms with Gasteiger partial charge in [-0.25, -0.2) is 0 Å². The molecular weight excluding hydrogens is 624 g/mol. The topological polar surface area (TPSA) is 144 Å². The third kappa shape index (κ3) is 11.3. The molecule has 0 saturated carbocycles. The van der Waals surface area contributed by atoms with Gasteiger partial charge in [-0.1, -0.05) is 62.4 Å². The van der Waals surface area contributed by atoms with E-state index < -0.39 is 35.8 Å². The molecule has 11 nitrogen and oxygen atoms in total. The number of methoxy groups -OCH3 is 1. The van der Waals surface area contributed by atoms with Crippen LogP contribution in [0.3, 0.4) is 0 Å². The van der Waals surface area contributed by atoms with Gasteiger partial charge in [-0.2, -0.15) is 0 Å². The van der Waals surface area contributed by atoms with Crippen molar-refractivity contribution in [2.75, 3.05) is 26.9 Å². The van der Waals surface area contributed by atoms with Crippen LogP contribution in [0.15, 0.2) is 72.8 Å². The minimum absolute atomic E-state index is 0.0808. The summed E-state index contributed by atoms with van der Waals surface area (Å²) in [6.07, 6.45) is 1.78. The third-order valence-corrected chi connectivity index (χ3v) is 8.08. The summed E-state index contributed by atoms with van der Waals surface area (Å²) in [5.41, 5.74) is 2.23. The summed E-state index contributed by atoms with van der Waals surface area (Å²) in [6, 6.07) is 19.7. The number of benzene rings is 3. The number of fused-ring (bicyclic) bond motifs is 1. The fraction of sp³-hybridized carbons (Fsp3) is 0.421. The second-order valence-electron chi connectivity index (χ2n) is 12.5. The Kier molecular flexibility index (Phi) is 13.9. The Balaban J connectivity index is 1.50. The highest BCUT2D eigenvalue weighted by atomic mass is 16.5. The zero-order chi connectivity index (χ0) is 35.2. The molecule has 1 aliphatic rings. The van der Waals surface area contributed by atoms with Crippen LogP contribution in [0.4, 0.5) is 0 Å². The highest BCUT2D eigenvalue weighted by Gasteiger charge is 2.30. The van der Waals surface area contributed by atoms with E-state index in [0.29, 0.717) is 56.1 Å². The van der Waals surface area contributed by atoms with Crippen molar-refractivity contribution in [2.45, 2.75) is 71.0 Å². The van der Waals surface area contributed by atoms with Crippen molar-refractivity contribution in [3.05, 3.63) is 89.5 Å². The number of hydrogen-bond acceptors (Lipinski definition) is 7. The van der Waals surface area contributed by atoms with Crippen molar-refractivity contribution in [1.29, 1.82) is 0 Å². The molecule has 0 unspecified atom stereocenters. The molecule has 4 rings (SSSR count).